The van der Waals surface area contributed by atoms with Gasteiger partial charge in [-0.2, -0.15) is 19.7 Å². The zero-order valence-corrected chi connectivity index (χ0v) is 17.6. The molecule has 13 heteroatoms. The molecule has 0 aliphatic carbocycles. The number of hydrogen-bond acceptors (Lipinski definition) is 9. The topological polar surface area (TPSA) is 134 Å². The predicted molar refractivity (Wildman–Crippen MR) is 105 cm³/mol. The lowest BCUT2D eigenvalue weighted by Gasteiger charge is -2.31. The lowest BCUT2D eigenvalue weighted by molar-refractivity contribution is 0.240. The highest BCUT2D eigenvalue weighted by molar-refractivity contribution is 7.89. The Morgan fingerprint density at radius 3 is 2.63 bits per heavy atom. The van der Waals surface area contributed by atoms with Crippen molar-refractivity contribution in [2.24, 2.45) is 0 Å². The molecule has 1 fully saturated rings. The Bertz CT molecular complexity index is 1060. The summed E-state index contributed by atoms with van der Waals surface area (Å²) >= 11 is 0. The van der Waals surface area contributed by atoms with Crippen LogP contribution in [-0.2, 0) is 16.6 Å². The molecular formula is C17H23N9O3S. The average molecular weight is 433 g/mol. The van der Waals surface area contributed by atoms with E-state index in [2.05, 4.69) is 30.7 Å². The van der Waals surface area contributed by atoms with Crippen molar-refractivity contribution in [1.82, 2.24) is 44.5 Å². The number of ether oxygens (including phenoxy) is 1. The van der Waals surface area contributed by atoms with Crippen LogP contribution in [0, 0.1) is 0 Å². The van der Waals surface area contributed by atoms with Crippen molar-refractivity contribution in [2.45, 2.75) is 44.6 Å². The Morgan fingerprint density at radius 1 is 1.20 bits per heavy atom. The van der Waals surface area contributed by atoms with Gasteiger partial charge in [0.15, 0.2) is 5.82 Å². The Morgan fingerprint density at radius 2 is 2.00 bits per heavy atom. The lowest BCUT2D eigenvalue weighted by Crippen LogP contribution is -2.42. The maximum Gasteiger partial charge on any atom is 0.216 e. The van der Waals surface area contributed by atoms with Crippen molar-refractivity contribution < 1.29 is 13.2 Å². The Balaban J connectivity index is 1.31. The van der Waals surface area contributed by atoms with Gasteiger partial charge in [-0.25, -0.2) is 17.7 Å². The van der Waals surface area contributed by atoms with E-state index in [1.54, 1.807) is 47.5 Å². The Hall–Kier alpha value is -2.93. The normalized spacial score (nSPS) is 16.2. The zero-order chi connectivity index (χ0) is 21.1. The summed E-state index contributed by atoms with van der Waals surface area (Å²) in [5.41, 5.74) is 0.691. The molecule has 0 bridgehead atoms. The molecule has 0 radical (unpaired) electrons. The molecule has 4 rings (SSSR count). The average Bonchev–Trinajstić information content (AvgIpc) is 3.45. The second kappa shape index (κ2) is 8.44. The van der Waals surface area contributed by atoms with E-state index in [1.165, 1.54) is 11.0 Å². The fraction of sp³-hybridized carbons (Fsp3) is 0.529. The second-order valence-electron chi connectivity index (χ2n) is 7.28. The standard InChI is InChI=1S/C17H23N9O3S/c1-13(2)30(27,28)24-7-5-15(6-8-24)26-20-9-14(21-26)11-29-16-3-4-17(18-10-16)25-12-19-22-23-25/h3-4,9-10,12-13,15H,5-8,11H2,1-2H3. The van der Waals surface area contributed by atoms with Crippen molar-refractivity contribution in [3.63, 3.8) is 0 Å². The summed E-state index contributed by atoms with van der Waals surface area (Å²) < 4.78 is 33.3. The van der Waals surface area contributed by atoms with Crippen molar-refractivity contribution in [3.8, 4) is 11.6 Å². The third-order valence-electron chi connectivity index (χ3n) is 4.95. The molecule has 3 aromatic rings. The van der Waals surface area contributed by atoms with Crippen molar-refractivity contribution >= 4 is 10.0 Å². The van der Waals surface area contributed by atoms with Crippen molar-refractivity contribution in [3.05, 3.63) is 36.5 Å². The van der Waals surface area contributed by atoms with Gasteiger partial charge in [-0.15, -0.1) is 5.10 Å². The highest BCUT2D eigenvalue weighted by atomic mass is 32.2. The van der Waals surface area contributed by atoms with E-state index < -0.39 is 15.3 Å². The van der Waals surface area contributed by atoms with Gasteiger partial charge in [-0.1, -0.05) is 0 Å². The van der Waals surface area contributed by atoms with E-state index in [0.29, 0.717) is 43.2 Å². The Kier molecular flexibility index (Phi) is 5.72. The summed E-state index contributed by atoms with van der Waals surface area (Å²) in [6.07, 6.45) is 6.09. The van der Waals surface area contributed by atoms with E-state index in [-0.39, 0.29) is 12.6 Å². The highest BCUT2D eigenvalue weighted by Gasteiger charge is 2.31. The van der Waals surface area contributed by atoms with Crippen LogP contribution in [0.1, 0.15) is 38.4 Å². The van der Waals surface area contributed by atoms with E-state index >= 15 is 0 Å². The number of pyridine rings is 1. The maximum absolute atomic E-state index is 12.3. The van der Waals surface area contributed by atoms with Crippen molar-refractivity contribution in [2.75, 3.05) is 13.1 Å². The number of aromatic nitrogens is 8. The van der Waals surface area contributed by atoms with Crippen LogP contribution >= 0.6 is 0 Å². The molecule has 4 heterocycles. The molecule has 0 saturated carbocycles. The first-order valence-electron chi connectivity index (χ1n) is 9.65. The van der Waals surface area contributed by atoms with Crippen LogP contribution in [0.25, 0.3) is 5.82 Å². The van der Waals surface area contributed by atoms with Gasteiger partial charge in [-0.3, -0.25) is 0 Å². The molecule has 1 aliphatic rings. The van der Waals surface area contributed by atoms with Crippen LogP contribution in [-0.4, -0.2) is 71.2 Å². The van der Waals surface area contributed by atoms with E-state index in [0.717, 1.165) is 0 Å². The fourth-order valence-corrected chi connectivity index (χ4v) is 4.51. The summed E-state index contributed by atoms with van der Waals surface area (Å²) in [5.74, 6) is 1.18. The zero-order valence-electron chi connectivity index (χ0n) is 16.7. The molecule has 1 aliphatic heterocycles. The first kappa shape index (κ1) is 20.3. The monoisotopic (exact) mass is 433 g/mol. The van der Waals surface area contributed by atoms with E-state index in [4.69, 9.17) is 4.74 Å². The number of piperidine rings is 1. The van der Waals surface area contributed by atoms with Gasteiger partial charge in [0, 0.05) is 13.1 Å². The van der Waals surface area contributed by atoms with Gasteiger partial charge in [0.25, 0.3) is 0 Å². The SMILES string of the molecule is CC(C)S(=O)(=O)N1CCC(n2ncc(COc3ccc(-n4cnnn4)nc3)n2)CC1. The van der Waals surface area contributed by atoms with Crippen LogP contribution < -0.4 is 4.74 Å². The molecule has 0 unspecified atom stereocenters. The smallest absolute Gasteiger partial charge is 0.216 e. The maximum atomic E-state index is 12.3. The molecule has 0 spiro atoms. The fourth-order valence-electron chi connectivity index (χ4n) is 3.19. The summed E-state index contributed by atoms with van der Waals surface area (Å²) in [7, 11) is -3.21. The molecule has 1 saturated heterocycles. The van der Waals surface area contributed by atoms with Gasteiger partial charge < -0.3 is 4.74 Å². The number of sulfonamides is 1. The number of hydrogen-bond donors (Lipinski definition) is 0. The molecule has 12 nitrogen and oxygen atoms in total. The molecule has 3 aromatic heterocycles. The quantitative estimate of drug-likeness (QED) is 0.525. The number of rotatable bonds is 7. The van der Waals surface area contributed by atoms with Gasteiger partial charge in [0.2, 0.25) is 10.0 Å². The molecular weight excluding hydrogens is 410 g/mol. The van der Waals surface area contributed by atoms with E-state index in [1.807, 2.05) is 0 Å². The van der Waals surface area contributed by atoms with Gasteiger partial charge >= 0.3 is 0 Å². The van der Waals surface area contributed by atoms with Crippen LogP contribution in [0.15, 0.2) is 30.9 Å². The Labute approximate surface area is 173 Å². The molecule has 0 aromatic carbocycles. The third kappa shape index (κ3) is 4.31. The summed E-state index contributed by atoms with van der Waals surface area (Å²) in [4.78, 5) is 5.92. The van der Waals surface area contributed by atoms with Gasteiger partial charge in [0.1, 0.15) is 24.4 Å². The molecule has 30 heavy (non-hydrogen) atoms. The van der Waals surface area contributed by atoms with Crippen LogP contribution in [0.2, 0.25) is 0 Å². The van der Waals surface area contributed by atoms with Gasteiger partial charge in [0.05, 0.1) is 23.7 Å². The predicted octanol–water partition coefficient (Wildman–Crippen LogP) is 0.603. The van der Waals surface area contributed by atoms with Gasteiger partial charge in [-0.05, 0) is 49.2 Å². The van der Waals surface area contributed by atoms with Crippen LogP contribution in [0.5, 0.6) is 5.75 Å². The second-order valence-corrected chi connectivity index (χ2v) is 9.76. The molecule has 0 amide bonds. The van der Waals surface area contributed by atoms with Crippen LogP contribution in [0.4, 0.5) is 0 Å². The van der Waals surface area contributed by atoms with Crippen molar-refractivity contribution in [1.29, 1.82) is 0 Å². The number of tetrazole rings is 1. The molecule has 160 valence electrons. The summed E-state index contributed by atoms with van der Waals surface area (Å²) in [6, 6.07) is 3.61. The minimum absolute atomic E-state index is 0.0783. The van der Waals surface area contributed by atoms with Crippen LogP contribution in [0.3, 0.4) is 0 Å². The highest BCUT2D eigenvalue weighted by Crippen LogP contribution is 2.24. The first-order chi connectivity index (χ1) is 14.4. The number of nitrogens with zero attached hydrogens (tertiary/aromatic N) is 9. The first-order valence-corrected chi connectivity index (χ1v) is 11.2. The summed E-state index contributed by atoms with van der Waals surface area (Å²) in [6.45, 7) is 4.64. The summed E-state index contributed by atoms with van der Waals surface area (Å²) in [5, 5.41) is 19.3. The minimum atomic E-state index is -3.21. The molecule has 0 N–H and O–H groups in total. The lowest BCUT2D eigenvalue weighted by atomic mass is 10.1. The van der Waals surface area contributed by atoms with E-state index in [9.17, 15) is 8.42 Å². The largest absolute Gasteiger partial charge is 0.486 e. The molecule has 0 atom stereocenters. The third-order valence-corrected chi connectivity index (χ3v) is 7.23. The minimum Gasteiger partial charge on any atom is -0.486 e.